The van der Waals surface area contributed by atoms with Crippen LogP contribution >= 0.6 is 0 Å². The van der Waals surface area contributed by atoms with Gasteiger partial charge in [-0.2, -0.15) is 0 Å². The van der Waals surface area contributed by atoms with Gasteiger partial charge in [-0.25, -0.2) is 0 Å². The summed E-state index contributed by atoms with van der Waals surface area (Å²) in [7, 11) is 1.72. The number of esters is 1. The molecule has 0 bridgehead atoms. The van der Waals surface area contributed by atoms with Crippen molar-refractivity contribution < 1.29 is 14.3 Å². The van der Waals surface area contributed by atoms with Gasteiger partial charge in [0.15, 0.2) is 0 Å². The molecule has 3 aliphatic rings. The Morgan fingerprint density at radius 3 is 2.79 bits per heavy atom. The highest BCUT2D eigenvalue weighted by Gasteiger charge is 2.47. The van der Waals surface area contributed by atoms with Crippen molar-refractivity contribution in [3.05, 3.63) is 46.5 Å². The SMILES string of the molecule is COc1ccc2c(c1)CCC1=C2CC[C@]2(C)C1=CC[C@H]2OC(C)=O. The fourth-order valence-corrected chi connectivity index (χ4v) is 4.77. The van der Waals surface area contributed by atoms with Crippen LogP contribution in [0.4, 0.5) is 0 Å². The molecule has 0 N–H and O–H groups in total. The predicted octanol–water partition coefficient (Wildman–Crippen LogP) is 4.46. The van der Waals surface area contributed by atoms with E-state index in [1.807, 2.05) is 0 Å². The van der Waals surface area contributed by atoms with Crippen molar-refractivity contribution in [3.8, 4) is 5.75 Å². The number of fused-ring (bicyclic) bond motifs is 4. The van der Waals surface area contributed by atoms with Gasteiger partial charge >= 0.3 is 5.97 Å². The van der Waals surface area contributed by atoms with E-state index < -0.39 is 0 Å². The van der Waals surface area contributed by atoms with Crippen LogP contribution in [0.5, 0.6) is 5.75 Å². The molecule has 0 amide bonds. The number of rotatable bonds is 2. The first-order valence-corrected chi connectivity index (χ1v) is 8.80. The van der Waals surface area contributed by atoms with Crippen molar-refractivity contribution in [2.24, 2.45) is 5.41 Å². The van der Waals surface area contributed by atoms with Gasteiger partial charge in [0.2, 0.25) is 0 Å². The van der Waals surface area contributed by atoms with Gasteiger partial charge in [0.25, 0.3) is 0 Å². The molecule has 0 unspecified atom stereocenters. The lowest BCUT2D eigenvalue weighted by Crippen LogP contribution is -2.36. The molecule has 0 fully saturated rings. The van der Waals surface area contributed by atoms with Crippen molar-refractivity contribution in [3.63, 3.8) is 0 Å². The van der Waals surface area contributed by atoms with Gasteiger partial charge < -0.3 is 9.47 Å². The zero-order valence-electron chi connectivity index (χ0n) is 14.6. The van der Waals surface area contributed by atoms with E-state index in [4.69, 9.17) is 9.47 Å². The van der Waals surface area contributed by atoms with Crippen molar-refractivity contribution in [1.29, 1.82) is 0 Å². The van der Waals surface area contributed by atoms with Crippen LogP contribution in [0.25, 0.3) is 5.57 Å². The number of carbonyl (C=O) groups is 1. The number of allylic oxidation sites excluding steroid dienone is 2. The fourth-order valence-electron chi connectivity index (χ4n) is 4.77. The molecule has 2 atom stereocenters. The number of hydrogen-bond donors (Lipinski definition) is 0. The van der Waals surface area contributed by atoms with E-state index >= 15 is 0 Å². The predicted molar refractivity (Wildman–Crippen MR) is 93.8 cm³/mol. The van der Waals surface area contributed by atoms with Crippen LogP contribution in [0.3, 0.4) is 0 Å². The minimum Gasteiger partial charge on any atom is -0.497 e. The zero-order valence-corrected chi connectivity index (χ0v) is 14.6. The Morgan fingerprint density at radius 1 is 1.21 bits per heavy atom. The monoisotopic (exact) mass is 324 g/mol. The van der Waals surface area contributed by atoms with Gasteiger partial charge in [-0.05, 0) is 65.7 Å². The molecule has 24 heavy (non-hydrogen) atoms. The minimum atomic E-state index is -0.170. The van der Waals surface area contributed by atoms with Crippen LogP contribution in [-0.2, 0) is 16.0 Å². The van der Waals surface area contributed by atoms with Gasteiger partial charge in [0.1, 0.15) is 11.9 Å². The quantitative estimate of drug-likeness (QED) is 0.754. The maximum Gasteiger partial charge on any atom is 0.302 e. The molecule has 1 aromatic rings. The first-order valence-electron chi connectivity index (χ1n) is 8.80. The average Bonchev–Trinajstić information content (AvgIpc) is 2.90. The highest BCUT2D eigenvalue weighted by Crippen LogP contribution is 2.56. The zero-order chi connectivity index (χ0) is 16.9. The Morgan fingerprint density at radius 2 is 2.04 bits per heavy atom. The Kier molecular flexibility index (Phi) is 3.56. The summed E-state index contributed by atoms with van der Waals surface area (Å²) < 4.78 is 11.0. The van der Waals surface area contributed by atoms with Crippen LogP contribution in [0.1, 0.15) is 50.7 Å². The smallest absolute Gasteiger partial charge is 0.302 e. The normalized spacial score (nSPS) is 27.8. The average molecular weight is 324 g/mol. The van der Waals surface area contributed by atoms with E-state index in [2.05, 4.69) is 31.2 Å². The molecule has 3 nitrogen and oxygen atoms in total. The molecule has 0 spiro atoms. The molecule has 3 heteroatoms. The molecule has 4 rings (SSSR count). The van der Waals surface area contributed by atoms with Crippen LogP contribution in [-0.4, -0.2) is 19.2 Å². The second kappa shape index (κ2) is 5.51. The molecule has 0 saturated heterocycles. The molecule has 1 aromatic carbocycles. The summed E-state index contributed by atoms with van der Waals surface area (Å²) in [4.78, 5) is 11.5. The maximum atomic E-state index is 11.5. The summed E-state index contributed by atoms with van der Waals surface area (Å²) in [6.45, 7) is 3.78. The van der Waals surface area contributed by atoms with E-state index in [0.29, 0.717) is 0 Å². The fraction of sp³-hybridized carbons (Fsp3) is 0.476. The summed E-state index contributed by atoms with van der Waals surface area (Å²) in [6.07, 6.45) is 7.38. The molecule has 126 valence electrons. The Labute approximate surface area is 143 Å². The molecule has 3 aliphatic carbocycles. The summed E-state index contributed by atoms with van der Waals surface area (Å²) in [5, 5.41) is 0. The molecule has 0 heterocycles. The van der Waals surface area contributed by atoms with Gasteiger partial charge in [0.05, 0.1) is 7.11 Å². The third-order valence-electron chi connectivity index (χ3n) is 6.04. The summed E-state index contributed by atoms with van der Waals surface area (Å²) >= 11 is 0. The van der Waals surface area contributed by atoms with Crippen LogP contribution in [0, 0.1) is 5.41 Å². The number of benzene rings is 1. The van der Waals surface area contributed by atoms with Gasteiger partial charge in [-0.3, -0.25) is 4.79 Å². The number of methoxy groups -OCH3 is 1. The lowest BCUT2D eigenvalue weighted by atomic mass is 9.65. The lowest BCUT2D eigenvalue weighted by molar-refractivity contribution is -0.150. The van der Waals surface area contributed by atoms with E-state index in [1.54, 1.807) is 7.11 Å². The third kappa shape index (κ3) is 2.21. The van der Waals surface area contributed by atoms with Crippen molar-refractivity contribution >= 4 is 11.5 Å². The highest BCUT2D eigenvalue weighted by atomic mass is 16.5. The lowest BCUT2D eigenvalue weighted by Gasteiger charge is -2.41. The number of carbonyl (C=O) groups excluding carboxylic acids is 1. The third-order valence-corrected chi connectivity index (χ3v) is 6.04. The molecule has 0 aromatic heterocycles. The van der Waals surface area contributed by atoms with Gasteiger partial charge in [0, 0.05) is 18.8 Å². The standard InChI is InChI=1S/C21H24O3/c1-13(22)24-20-9-8-19-18-6-4-14-12-15(23-3)5-7-16(14)17(18)10-11-21(19,20)2/h5,7-8,12,20H,4,6,9-11H2,1-3H3/t20-,21-/m1/s1. The number of aryl methyl sites for hydroxylation is 1. The van der Waals surface area contributed by atoms with E-state index in [0.717, 1.165) is 37.9 Å². The van der Waals surface area contributed by atoms with Gasteiger partial charge in [-0.1, -0.05) is 19.1 Å². The Balaban J connectivity index is 1.73. The molecular formula is C21H24O3. The second-order valence-electron chi connectivity index (χ2n) is 7.35. The first kappa shape index (κ1) is 15.5. The first-order chi connectivity index (χ1) is 11.5. The van der Waals surface area contributed by atoms with Crippen LogP contribution < -0.4 is 4.74 Å². The molecular weight excluding hydrogens is 300 g/mol. The van der Waals surface area contributed by atoms with Crippen LogP contribution in [0.2, 0.25) is 0 Å². The Hall–Kier alpha value is -2.03. The Bertz CT molecular complexity index is 771. The van der Waals surface area contributed by atoms with Crippen LogP contribution in [0.15, 0.2) is 35.4 Å². The molecule has 0 saturated carbocycles. The van der Waals surface area contributed by atoms with Crippen molar-refractivity contribution in [2.45, 2.75) is 52.1 Å². The second-order valence-corrected chi connectivity index (χ2v) is 7.35. The van der Waals surface area contributed by atoms with E-state index in [1.165, 1.54) is 34.8 Å². The van der Waals surface area contributed by atoms with Crippen molar-refractivity contribution in [1.82, 2.24) is 0 Å². The summed E-state index contributed by atoms with van der Waals surface area (Å²) in [5.74, 6) is 0.769. The summed E-state index contributed by atoms with van der Waals surface area (Å²) in [5.41, 5.74) is 7.18. The number of hydrogen-bond acceptors (Lipinski definition) is 3. The minimum absolute atomic E-state index is 0.00341. The van der Waals surface area contributed by atoms with Crippen molar-refractivity contribution in [2.75, 3.05) is 7.11 Å². The summed E-state index contributed by atoms with van der Waals surface area (Å²) in [6, 6.07) is 6.45. The highest BCUT2D eigenvalue weighted by molar-refractivity contribution is 5.79. The largest absolute Gasteiger partial charge is 0.497 e. The molecule has 0 aliphatic heterocycles. The van der Waals surface area contributed by atoms with E-state index in [-0.39, 0.29) is 17.5 Å². The van der Waals surface area contributed by atoms with Gasteiger partial charge in [-0.15, -0.1) is 0 Å². The number of ether oxygens (including phenoxy) is 2. The maximum absolute atomic E-state index is 11.5. The topological polar surface area (TPSA) is 35.5 Å². The van der Waals surface area contributed by atoms with E-state index in [9.17, 15) is 4.79 Å². The molecule has 0 radical (unpaired) electrons.